The van der Waals surface area contributed by atoms with Gasteiger partial charge in [-0.2, -0.15) is 0 Å². The monoisotopic (exact) mass is 936 g/mol. The van der Waals surface area contributed by atoms with Crippen LogP contribution in [0.1, 0.15) is 209 Å². The smallest absolute Gasteiger partial charge is 0.163 e. The molecule has 0 aromatic rings. The highest BCUT2D eigenvalue weighted by atomic mass is 16.8. The molecule has 6 aliphatic rings. The zero-order valence-electron chi connectivity index (χ0n) is 44.9. The van der Waals surface area contributed by atoms with Gasteiger partial charge >= 0.3 is 0 Å². The third-order valence-corrected chi connectivity index (χ3v) is 18.1. The molecule has 2 heterocycles. The van der Waals surface area contributed by atoms with Gasteiger partial charge in [-0.1, -0.05) is 135 Å². The first-order valence-electron chi connectivity index (χ1n) is 28.9. The Kier molecular flexibility index (Phi) is 23.3. The van der Waals surface area contributed by atoms with Gasteiger partial charge in [0.1, 0.15) is 0 Å². The Balaban J connectivity index is 0.845. The topological polar surface area (TPSA) is 58.6 Å². The van der Waals surface area contributed by atoms with Gasteiger partial charge in [-0.15, -0.1) is 0 Å². The summed E-state index contributed by atoms with van der Waals surface area (Å²) >= 11 is 0. The first kappa shape index (κ1) is 55.3. The van der Waals surface area contributed by atoms with Crippen LogP contribution < -0.4 is 0 Å². The van der Waals surface area contributed by atoms with Gasteiger partial charge in [0.25, 0.3) is 0 Å². The van der Waals surface area contributed by atoms with Crippen molar-refractivity contribution in [2.75, 3.05) is 59.3 Å². The lowest BCUT2D eigenvalue weighted by Gasteiger charge is -2.58. The van der Waals surface area contributed by atoms with Gasteiger partial charge in [0.15, 0.2) is 5.79 Å². The van der Waals surface area contributed by atoms with Gasteiger partial charge in [-0.05, 0) is 156 Å². The summed E-state index contributed by atoms with van der Waals surface area (Å²) in [6, 6.07) is 0. The van der Waals surface area contributed by atoms with Gasteiger partial charge in [-0.25, -0.2) is 0 Å². The SMILES string of the molecule is CCCCCC=CCC=CCCCCCCCCOCC(CN1CC[C@H]2OC(C)(C)O[C@H]2C1)OCCOCCO[C@H]1CC[C@@]2(C)C(=CCC3C2CC[C@@]2(C)C3CC[C@@H]2[C@H](C)CCCC(C)C)C1. The molecule has 0 N–H and O–H groups in total. The van der Waals surface area contributed by atoms with E-state index in [2.05, 4.69) is 76.8 Å². The number of fused-ring (bicyclic) bond motifs is 6. The average molecular weight is 937 g/mol. The minimum atomic E-state index is -0.496. The zero-order valence-corrected chi connectivity index (χ0v) is 44.9. The van der Waals surface area contributed by atoms with Gasteiger partial charge in [-0.3, -0.25) is 4.90 Å². The molecule has 4 aliphatic carbocycles. The highest BCUT2D eigenvalue weighted by Crippen LogP contribution is 2.67. The molecule has 386 valence electrons. The van der Waals surface area contributed by atoms with Crippen molar-refractivity contribution in [2.24, 2.45) is 46.3 Å². The number of unbranched alkanes of at least 4 members (excludes halogenated alkanes) is 9. The summed E-state index contributed by atoms with van der Waals surface area (Å²) in [6.45, 7) is 25.7. The number of piperidine rings is 1. The molecule has 0 radical (unpaired) electrons. The number of ether oxygens (including phenoxy) is 6. The molecule has 2 aliphatic heterocycles. The van der Waals surface area contributed by atoms with Crippen LogP contribution in [0.15, 0.2) is 36.0 Å². The van der Waals surface area contributed by atoms with E-state index in [1.165, 1.54) is 128 Å². The third kappa shape index (κ3) is 16.7. The standard InChI is InChI=1S/C60H105NO6/c1-9-10-11-12-13-14-15-16-17-18-19-20-21-22-23-24-38-63-46-51(44-61-37-34-56-57(45-61)67-58(5,6)66-56)65-42-40-62-39-41-64-50-32-35-59(7)49(43-50)28-29-52-54-31-30-53(48(4)27-25-26-47(2)3)60(54,8)36-33-55(52)59/h13-14,16-17,28,47-48,50-57H,9-12,15,18-27,29-46H2,1-8H3/t48-,50+,51?,52?,53-,54?,55?,56-,57+,59+,60-/m1/s1. The van der Waals surface area contributed by atoms with Crippen LogP contribution >= 0.6 is 0 Å². The van der Waals surface area contributed by atoms with E-state index in [1.54, 1.807) is 5.57 Å². The molecule has 2 saturated heterocycles. The second kappa shape index (κ2) is 28.3. The lowest BCUT2D eigenvalue weighted by atomic mass is 9.47. The Labute approximate surface area is 413 Å². The summed E-state index contributed by atoms with van der Waals surface area (Å²) in [7, 11) is 0. The van der Waals surface area contributed by atoms with E-state index in [4.69, 9.17) is 28.4 Å². The minimum Gasteiger partial charge on any atom is -0.379 e. The van der Waals surface area contributed by atoms with Crippen LogP contribution in [0.4, 0.5) is 0 Å². The second-order valence-electron chi connectivity index (χ2n) is 24.1. The first-order valence-corrected chi connectivity index (χ1v) is 28.9. The minimum absolute atomic E-state index is 0.00683. The summed E-state index contributed by atoms with van der Waals surface area (Å²) in [5.74, 6) is 4.81. The van der Waals surface area contributed by atoms with E-state index in [1.807, 2.05) is 13.8 Å². The van der Waals surface area contributed by atoms with Crippen molar-refractivity contribution in [3.8, 4) is 0 Å². The summed E-state index contributed by atoms with van der Waals surface area (Å²) in [4.78, 5) is 2.48. The van der Waals surface area contributed by atoms with Crippen LogP contribution in [0.5, 0.6) is 0 Å². The van der Waals surface area contributed by atoms with E-state index in [0.717, 1.165) is 87.4 Å². The summed E-state index contributed by atoms with van der Waals surface area (Å²) < 4.78 is 37.9. The molecular formula is C60H105NO6. The predicted molar refractivity (Wildman–Crippen MR) is 278 cm³/mol. The molecule has 5 fully saturated rings. The van der Waals surface area contributed by atoms with E-state index >= 15 is 0 Å². The fourth-order valence-corrected chi connectivity index (χ4v) is 14.4. The highest BCUT2D eigenvalue weighted by Gasteiger charge is 2.59. The summed E-state index contributed by atoms with van der Waals surface area (Å²) in [6.07, 6.45) is 43.8. The molecule has 0 amide bonds. The van der Waals surface area contributed by atoms with Crippen molar-refractivity contribution in [2.45, 2.75) is 240 Å². The number of hydrogen-bond acceptors (Lipinski definition) is 7. The number of likely N-dealkylation sites (tertiary alicyclic amines) is 1. The number of hydrogen-bond donors (Lipinski definition) is 0. The van der Waals surface area contributed by atoms with Gasteiger partial charge in [0.2, 0.25) is 0 Å². The number of allylic oxidation sites excluding steroid dienone is 5. The van der Waals surface area contributed by atoms with Gasteiger partial charge < -0.3 is 28.4 Å². The Morgan fingerprint density at radius 1 is 0.716 bits per heavy atom. The summed E-state index contributed by atoms with van der Waals surface area (Å²) in [5.41, 5.74) is 2.64. The molecule has 0 aromatic carbocycles. The molecule has 3 saturated carbocycles. The van der Waals surface area contributed by atoms with E-state index in [9.17, 15) is 0 Å². The van der Waals surface area contributed by atoms with Crippen LogP contribution in [-0.2, 0) is 28.4 Å². The normalized spacial score (nSPS) is 32.7. The van der Waals surface area contributed by atoms with Crippen molar-refractivity contribution in [3.63, 3.8) is 0 Å². The van der Waals surface area contributed by atoms with Crippen LogP contribution in [0.25, 0.3) is 0 Å². The lowest BCUT2D eigenvalue weighted by molar-refractivity contribution is -0.145. The van der Waals surface area contributed by atoms with Crippen molar-refractivity contribution in [1.29, 1.82) is 0 Å². The molecule has 6 rings (SSSR count). The van der Waals surface area contributed by atoms with Crippen LogP contribution in [0, 0.1) is 46.3 Å². The van der Waals surface area contributed by atoms with Crippen LogP contribution in [0.2, 0.25) is 0 Å². The fraction of sp³-hybridized carbons (Fsp3) is 0.900. The lowest BCUT2D eigenvalue weighted by Crippen LogP contribution is -2.51. The maximum Gasteiger partial charge on any atom is 0.163 e. The molecule has 0 aromatic heterocycles. The maximum atomic E-state index is 6.55. The Hall–Kier alpha value is -1.06. The van der Waals surface area contributed by atoms with Gasteiger partial charge in [0, 0.05) is 26.2 Å². The summed E-state index contributed by atoms with van der Waals surface area (Å²) in [5, 5.41) is 0. The molecule has 0 spiro atoms. The van der Waals surface area contributed by atoms with Crippen LogP contribution in [-0.4, -0.2) is 94.4 Å². The van der Waals surface area contributed by atoms with Crippen molar-refractivity contribution < 1.29 is 28.4 Å². The maximum absolute atomic E-state index is 6.55. The third-order valence-electron chi connectivity index (χ3n) is 18.1. The van der Waals surface area contributed by atoms with Crippen LogP contribution in [0.3, 0.4) is 0 Å². The van der Waals surface area contributed by atoms with Crippen molar-refractivity contribution in [3.05, 3.63) is 36.0 Å². The Morgan fingerprint density at radius 3 is 2.25 bits per heavy atom. The largest absolute Gasteiger partial charge is 0.379 e. The first-order chi connectivity index (χ1) is 32.4. The molecule has 11 atom stereocenters. The van der Waals surface area contributed by atoms with Gasteiger partial charge in [0.05, 0.1) is 57.5 Å². The second-order valence-corrected chi connectivity index (χ2v) is 24.1. The van der Waals surface area contributed by atoms with Crippen molar-refractivity contribution in [1.82, 2.24) is 4.90 Å². The zero-order chi connectivity index (χ0) is 47.5. The molecule has 7 nitrogen and oxygen atoms in total. The number of rotatable bonds is 32. The highest BCUT2D eigenvalue weighted by molar-refractivity contribution is 5.25. The quantitative estimate of drug-likeness (QED) is 0.0492. The van der Waals surface area contributed by atoms with E-state index in [-0.39, 0.29) is 18.3 Å². The van der Waals surface area contributed by atoms with E-state index in [0.29, 0.717) is 50.0 Å². The van der Waals surface area contributed by atoms with Crippen molar-refractivity contribution >= 4 is 0 Å². The number of nitrogens with zero attached hydrogens (tertiary/aromatic N) is 1. The van der Waals surface area contributed by atoms with E-state index < -0.39 is 5.79 Å². The Morgan fingerprint density at radius 2 is 1.46 bits per heavy atom. The molecule has 67 heavy (non-hydrogen) atoms. The average Bonchev–Trinajstić information content (AvgIpc) is 3.82. The Bertz CT molecular complexity index is 1480. The molecule has 4 unspecified atom stereocenters. The molecule has 7 heteroatoms. The molecule has 0 bridgehead atoms. The molecular weight excluding hydrogens is 831 g/mol. The fourth-order valence-electron chi connectivity index (χ4n) is 14.4. The predicted octanol–water partition coefficient (Wildman–Crippen LogP) is 14.9.